The molecule has 6 N–H and O–H groups in total. The molecule has 10 nitrogen and oxygen atoms in total. The number of hydrogen-bond donors (Lipinski definition) is 5. The lowest BCUT2D eigenvalue weighted by Gasteiger charge is -2.17. The van der Waals surface area contributed by atoms with Crippen LogP contribution in [0.1, 0.15) is 25.3 Å². The molecule has 1 aromatic rings. The highest BCUT2D eigenvalue weighted by Crippen LogP contribution is 2.08. The standard InChI is InChI=1S/C20H35N7O3/c1-4-5-11-29-15-26-20(18(21)19(22)23-2)25-14-16-6-7-17(24-13-16)30-12-9-27(3)8-10-28/h6-7,13,22,25-26,28H,2,4-5,8-12,14-15,21H2,1,3H3/b20-18+,22-19?. The summed E-state index contributed by atoms with van der Waals surface area (Å²) >= 11 is 0. The van der Waals surface area contributed by atoms with E-state index in [2.05, 4.69) is 34.3 Å². The highest BCUT2D eigenvalue weighted by Gasteiger charge is 2.08. The zero-order chi connectivity index (χ0) is 22.2. The van der Waals surface area contributed by atoms with Gasteiger partial charge in [0.15, 0.2) is 5.84 Å². The maximum absolute atomic E-state index is 8.89. The van der Waals surface area contributed by atoms with Crippen molar-refractivity contribution in [1.29, 1.82) is 5.41 Å². The summed E-state index contributed by atoms with van der Waals surface area (Å²) in [7, 11) is 1.92. The summed E-state index contributed by atoms with van der Waals surface area (Å²) in [4.78, 5) is 9.85. The molecule has 0 aliphatic heterocycles. The van der Waals surface area contributed by atoms with Gasteiger partial charge >= 0.3 is 0 Å². The molecule has 0 aliphatic rings. The molecule has 0 amide bonds. The number of likely N-dealkylation sites (N-methyl/N-ethyl adjacent to an activating group) is 1. The number of nitrogens with two attached hydrogens (primary N) is 1. The Morgan fingerprint density at radius 2 is 2.13 bits per heavy atom. The van der Waals surface area contributed by atoms with Crippen LogP contribution in [0.5, 0.6) is 5.88 Å². The van der Waals surface area contributed by atoms with Gasteiger partial charge in [0.25, 0.3) is 0 Å². The van der Waals surface area contributed by atoms with Crippen LogP contribution in [0.3, 0.4) is 0 Å². The second kappa shape index (κ2) is 15.2. The Balaban J connectivity index is 2.56. The average Bonchev–Trinajstić information content (AvgIpc) is 2.75. The minimum Gasteiger partial charge on any atom is -0.476 e. The number of ether oxygens (including phenoxy) is 2. The van der Waals surface area contributed by atoms with Crippen LogP contribution < -0.4 is 21.1 Å². The second-order valence-electron chi connectivity index (χ2n) is 6.61. The first kappa shape index (κ1) is 25.3. The van der Waals surface area contributed by atoms with Crippen LogP contribution in [0.4, 0.5) is 0 Å². The molecule has 30 heavy (non-hydrogen) atoms. The number of pyridine rings is 1. The maximum atomic E-state index is 8.89. The molecule has 168 valence electrons. The number of aromatic nitrogens is 1. The predicted molar refractivity (Wildman–Crippen MR) is 119 cm³/mol. The fourth-order valence-electron chi connectivity index (χ4n) is 2.28. The van der Waals surface area contributed by atoms with Crippen LogP contribution >= 0.6 is 0 Å². The van der Waals surface area contributed by atoms with Gasteiger partial charge in [-0.15, -0.1) is 0 Å². The Bertz CT molecular complexity index is 665. The molecule has 0 spiro atoms. The molecule has 0 bridgehead atoms. The number of amidine groups is 1. The molecule has 1 aromatic heterocycles. The molecule has 1 heterocycles. The molecule has 1 rings (SSSR count). The first-order chi connectivity index (χ1) is 14.5. The summed E-state index contributed by atoms with van der Waals surface area (Å²) in [5.74, 6) is 0.870. The largest absolute Gasteiger partial charge is 0.476 e. The van der Waals surface area contributed by atoms with Crippen molar-refractivity contribution >= 4 is 12.6 Å². The Morgan fingerprint density at radius 3 is 2.77 bits per heavy atom. The predicted octanol–water partition coefficient (Wildman–Crippen LogP) is 0.644. The van der Waals surface area contributed by atoms with Crippen molar-refractivity contribution in [3.63, 3.8) is 0 Å². The van der Waals surface area contributed by atoms with E-state index in [1.807, 2.05) is 18.0 Å². The molecule has 0 aromatic carbocycles. The fourth-order valence-corrected chi connectivity index (χ4v) is 2.28. The van der Waals surface area contributed by atoms with Gasteiger partial charge < -0.3 is 35.8 Å². The Kier molecular flexibility index (Phi) is 12.8. The first-order valence-corrected chi connectivity index (χ1v) is 9.99. The molecule has 0 atom stereocenters. The number of rotatable bonds is 16. The lowest BCUT2D eigenvalue weighted by Crippen LogP contribution is -2.33. The van der Waals surface area contributed by atoms with Crippen LogP contribution in [-0.2, 0) is 11.3 Å². The number of aliphatic imine (C=N–C) groups is 1. The second-order valence-corrected chi connectivity index (χ2v) is 6.61. The third kappa shape index (κ3) is 10.2. The van der Waals surface area contributed by atoms with E-state index in [1.165, 1.54) is 0 Å². The summed E-state index contributed by atoms with van der Waals surface area (Å²) in [6, 6.07) is 3.69. The van der Waals surface area contributed by atoms with Gasteiger partial charge in [0.1, 0.15) is 24.9 Å². The van der Waals surface area contributed by atoms with Crippen LogP contribution in [0.2, 0.25) is 0 Å². The van der Waals surface area contributed by atoms with E-state index < -0.39 is 0 Å². The summed E-state index contributed by atoms with van der Waals surface area (Å²) in [5.41, 5.74) is 7.06. The topological polar surface area (TPSA) is 141 Å². The van der Waals surface area contributed by atoms with Crippen LogP contribution in [-0.4, -0.2) is 74.2 Å². The summed E-state index contributed by atoms with van der Waals surface area (Å²) in [6.45, 7) is 8.72. The van der Waals surface area contributed by atoms with Gasteiger partial charge in [-0.3, -0.25) is 5.41 Å². The third-order valence-electron chi connectivity index (χ3n) is 4.15. The van der Waals surface area contributed by atoms with Gasteiger partial charge in [-0.25, -0.2) is 9.98 Å². The molecule has 0 aliphatic carbocycles. The van der Waals surface area contributed by atoms with Gasteiger partial charge in [0.2, 0.25) is 5.88 Å². The highest BCUT2D eigenvalue weighted by atomic mass is 16.5. The van der Waals surface area contributed by atoms with E-state index in [0.29, 0.717) is 44.5 Å². The van der Waals surface area contributed by atoms with Crippen molar-refractivity contribution in [2.24, 2.45) is 10.7 Å². The molecular formula is C20H35N7O3. The number of hydrogen-bond acceptors (Lipinski definition) is 9. The molecule has 0 radical (unpaired) electrons. The Morgan fingerprint density at radius 1 is 1.33 bits per heavy atom. The van der Waals surface area contributed by atoms with Crippen molar-refractivity contribution in [3.8, 4) is 5.88 Å². The summed E-state index contributed by atoms with van der Waals surface area (Å²) < 4.78 is 11.1. The van der Waals surface area contributed by atoms with Crippen LogP contribution in [0.15, 0.2) is 34.8 Å². The van der Waals surface area contributed by atoms with Crippen molar-refractivity contribution < 1.29 is 14.6 Å². The molecule has 0 saturated heterocycles. The Labute approximate surface area is 178 Å². The number of aliphatic hydroxyl groups is 1. The van der Waals surface area contributed by atoms with E-state index in [0.717, 1.165) is 18.4 Å². The van der Waals surface area contributed by atoms with Crippen molar-refractivity contribution in [2.45, 2.75) is 26.3 Å². The molecular weight excluding hydrogens is 386 g/mol. The molecule has 0 fully saturated rings. The number of aliphatic hydroxyl groups excluding tert-OH is 1. The molecule has 10 heteroatoms. The highest BCUT2D eigenvalue weighted by molar-refractivity contribution is 5.98. The Hall–Kier alpha value is -2.69. The van der Waals surface area contributed by atoms with Gasteiger partial charge in [-0.05, 0) is 25.7 Å². The van der Waals surface area contributed by atoms with E-state index in [4.69, 9.17) is 25.7 Å². The number of nitrogens with zero attached hydrogens (tertiary/aromatic N) is 3. The fraction of sp³-hybridized carbons (Fsp3) is 0.550. The van der Waals surface area contributed by atoms with Crippen LogP contribution in [0.25, 0.3) is 0 Å². The lowest BCUT2D eigenvalue weighted by molar-refractivity contribution is 0.119. The van der Waals surface area contributed by atoms with E-state index in [1.54, 1.807) is 12.3 Å². The third-order valence-corrected chi connectivity index (χ3v) is 4.15. The average molecular weight is 422 g/mol. The van der Waals surface area contributed by atoms with Crippen molar-refractivity contribution in [3.05, 3.63) is 35.4 Å². The van der Waals surface area contributed by atoms with Gasteiger partial charge in [0.05, 0.1) is 6.61 Å². The number of unbranched alkanes of at least 4 members (excludes halogenated alkanes) is 1. The van der Waals surface area contributed by atoms with E-state index in [-0.39, 0.29) is 24.9 Å². The van der Waals surface area contributed by atoms with Gasteiger partial charge in [-0.1, -0.05) is 19.4 Å². The zero-order valence-electron chi connectivity index (χ0n) is 18.0. The SMILES string of the molecule is C=NC(=N)/C(N)=C(\NCOCCCC)NCc1ccc(OCCN(C)CCO)nc1. The summed E-state index contributed by atoms with van der Waals surface area (Å²) in [5, 5.41) is 22.9. The first-order valence-electron chi connectivity index (χ1n) is 9.99. The minimum atomic E-state index is -0.119. The van der Waals surface area contributed by atoms with Crippen molar-refractivity contribution in [2.75, 3.05) is 46.7 Å². The molecule has 0 saturated carbocycles. The van der Waals surface area contributed by atoms with Gasteiger partial charge in [-0.2, -0.15) is 0 Å². The minimum absolute atomic E-state index is 0.119. The number of nitrogens with one attached hydrogen (secondary N) is 3. The zero-order valence-corrected chi connectivity index (χ0v) is 18.0. The lowest BCUT2D eigenvalue weighted by atomic mass is 10.3. The maximum Gasteiger partial charge on any atom is 0.213 e. The van der Waals surface area contributed by atoms with Gasteiger partial charge in [0, 0.05) is 38.5 Å². The summed E-state index contributed by atoms with van der Waals surface area (Å²) in [6.07, 6.45) is 3.74. The van der Waals surface area contributed by atoms with Crippen molar-refractivity contribution in [1.82, 2.24) is 20.5 Å². The quantitative estimate of drug-likeness (QED) is 0.113. The smallest absolute Gasteiger partial charge is 0.213 e. The monoisotopic (exact) mass is 421 g/mol. The van der Waals surface area contributed by atoms with E-state index in [9.17, 15) is 0 Å². The molecule has 0 unspecified atom stereocenters. The van der Waals surface area contributed by atoms with Crippen LogP contribution in [0, 0.1) is 5.41 Å². The normalized spacial score (nSPS) is 11.7. The van der Waals surface area contributed by atoms with E-state index >= 15 is 0 Å².